The van der Waals surface area contributed by atoms with Crippen molar-refractivity contribution in [3.63, 3.8) is 0 Å². The van der Waals surface area contributed by atoms with Gasteiger partial charge in [-0.05, 0) is 44.7 Å². The lowest BCUT2D eigenvalue weighted by molar-refractivity contribution is -0.119. The fourth-order valence-corrected chi connectivity index (χ4v) is 5.70. The van der Waals surface area contributed by atoms with Crippen molar-refractivity contribution < 1.29 is 13.2 Å². The van der Waals surface area contributed by atoms with Gasteiger partial charge < -0.3 is 9.88 Å². The van der Waals surface area contributed by atoms with Gasteiger partial charge in [-0.1, -0.05) is 49.2 Å². The Morgan fingerprint density at radius 2 is 1.91 bits per heavy atom. The monoisotopic (exact) mass is 479 g/mol. The molecule has 0 radical (unpaired) electrons. The summed E-state index contributed by atoms with van der Waals surface area (Å²) in [5, 5.41) is 12.3. The van der Waals surface area contributed by atoms with E-state index < -0.39 is 10.0 Å². The molecule has 8 nitrogen and oxygen atoms in total. The number of carbonyl (C=O) groups is 1. The minimum Gasteiger partial charge on any atom is -0.352 e. The Morgan fingerprint density at radius 3 is 2.53 bits per heavy atom. The molecule has 0 bridgehead atoms. The molecular weight excluding hydrogens is 446 g/mol. The quantitative estimate of drug-likeness (QED) is 0.554. The van der Waals surface area contributed by atoms with Crippen LogP contribution in [0.25, 0.3) is 0 Å². The average molecular weight is 480 g/mol. The van der Waals surface area contributed by atoms with E-state index in [0.29, 0.717) is 29.1 Å². The zero-order valence-corrected chi connectivity index (χ0v) is 20.9. The maximum Gasteiger partial charge on any atom is 0.232 e. The number of sulfonamides is 1. The molecule has 1 aliphatic rings. The van der Waals surface area contributed by atoms with Crippen LogP contribution in [0.15, 0.2) is 29.4 Å². The number of hydrogen-bond donors (Lipinski definition) is 1. The van der Waals surface area contributed by atoms with Crippen LogP contribution < -0.4 is 9.62 Å². The number of nitrogens with one attached hydrogen (secondary N) is 1. The number of carbonyl (C=O) groups excluding carboxylic acids is 1. The minimum absolute atomic E-state index is 0.00151. The maximum atomic E-state index is 12.5. The molecule has 1 aliphatic carbocycles. The summed E-state index contributed by atoms with van der Waals surface area (Å²) < 4.78 is 28.1. The van der Waals surface area contributed by atoms with Crippen LogP contribution in [-0.4, -0.2) is 47.1 Å². The Labute approximate surface area is 195 Å². The second-order valence-corrected chi connectivity index (χ2v) is 11.3. The average Bonchev–Trinajstić information content (AvgIpc) is 3.14. The van der Waals surface area contributed by atoms with Crippen LogP contribution in [0.4, 0.5) is 5.69 Å². The van der Waals surface area contributed by atoms with E-state index in [1.165, 1.54) is 28.7 Å². The molecule has 176 valence electrons. The molecule has 1 saturated carbocycles. The third-order valence-corrected chi connectivity index (χ3v) is 8.01. The van der Waals surface area contributed by atoms with E-state index in [0.717, 1.165) is 24.8 Å². The summed E-state index contributed by atoms with van der Waals surface area (Å²) in [6, 6.07) is 7.58. The van der Waals surface area contributed by atoms with Crippen molar-refractivity contribution in [3.05, 3.63) is 35.7 Å². The molecule has 10 heteroatoms. The van der Waals surface area contributed by atoms with Crippen molar-refractivity contribution in [1.29, 1.82) is 0 Å². The van der Waals surface area contributed by atoms with Gasteiger partial charge in [0, 0.05) is 12.6 Å². The first-order valence-corrected chi connectivity index (χ1v) is 13.9. The Kier molecular flexibility index (Phi) is 8.21. The standard InChI is InChI=1S/C22H33N5O3S2/c1-5-26-20(14-27(32(4,29)30)18-12-10-16(2)11-13-18)24-25-22(26)31-15-21(28)23-19-9-7-6-8-17(19)3/h10-13,17,19H,5-9,14-15H2,1-4H3,(H,23,28). The highest BCUT2D eigenvalue weighted by Gasteiger charge is 2.24. The van der Waals surface area contributed by atoms with Crippen LogP contribution in [0.2, 0.25) is 0 Å². The molecule has 32 heavy (non-hydrogen) atoms. The van der Waals surface area contributed by atoms with Gasteiger partial charge in [0.2, 0.25) is 15.9 Å². The van der Waals surface area contributed by atoms with Gasteiger partial charge in [0.15, 0.2) is 11.0 Å². The van der Waals surface area contributed by atoms with Crippen molar-refractivity contribution in [2.24, 2.45) is 5.92 Å². The summed E-state index contributed by atoms with van der Waals surface area (Å²) in [6.07, 6.45) is 5.77. The molecule has 1 heterocycles. The fraction of sp³-hybridized carbons (Fsp3) is 0.591. The topological polar surface area (TPSA) is 97.2 Å². The lowest BCUT2D eigenvalue weighted by Crippen LogP contribution is -2.41. The first kappa shape index (κ1) is 24.6. The second-order valence-electron chi connectivity index (χ2n) is 8.47. The lowest BCUT2D eigenvalue weighted by atomic mass is 9.86. The molecule has 2 unspecified atom stereocenters. The van der Waals surface area contributed by atoms with Gasteiger partial charge in [0.05, 0.1) is 24.2 Å². The summed E-state index contributed by atoms with van der Waals surface area (Å²) in [7, 11) is -3.51. The summed E-state index contributed by atoms with van der Waals surface area (Å²) in [4.78, 5) is 12.5. The smallest absolute Gasteiger partial charge is 0.232 e. The van der Waals surface area contributed by atoms with E-state index in [-0.39, 0.29) is 24.2 Å². The highest BCUT2D eigenvalue weighted by atomic mass is 32.2. The Balaban J connectivity index is 1.69. The van der Waals surface area contributed by atoms with Gasteiger partial charge in [-0.3, -0.25) is 9.10 Å². The van der Waals surface area contributed by atoms with Crippen molar-refractivity contribution >= 4 is 33.4 Å². The third kappa shape index (κ3) is 6.25. The third-order valence-electron chi connectivity index (χ3n) is 5.91. The molecule has 1 aromatic carbocycles. The summed E-state index contributed by atoms with van der Waals surface area (Å²) in [5.74, 6) is 1.31. The highest BCUT2D eigenvalue weighted by Crippen LogP contribution is 2.25. The molecule has 1 fully saturated rings. The SMILES string of the molecule is CCn1c(CN(c2ccc(C)cc2)S(C)(=O)=O)nnc1SCC(=O)NC1CCCCC1C. The van der Waals surface area contributed by atoms with Crippen LogP contribution in [-0.2, 0) is 27.9 Å². The molecule has 1 N–H and O–H groups in total. The zero-order chi connectivity index (χ0) is 23.3. The lowest BCUT2D eigenvalue weighted by Gasteiger charge is -2.29. The normalized spacial score (nSPS) is 19.0. The van der Waals surface area contributed by atoms with E-state index in [9.17, 15) is 13.2 Å². The zero-order valence-electron chi connectivity index (χ0n) is 19.2. The van der Waals surface area contributed by atoms with E-state index in [4.69, 9.17) is 0 Å². The molecular formula is C22H33N5O3S2. The second kappa shape index (κ2) is 10.7. The highest BCUT2D eigenvalue weighted by molar-refractivity contribution is 7.99. The number of nitrogens with zero attached hydrogens (tertiary/aromatic N) is 4. The fourth-order valence-electron chi connectivity index (χ4n) is 4.01. The van der Waals surface area contributed by atoms with Gasteiger partial charge in [0.25, 0.3) is 0 Å². The molecule has 3 rings (SSSR count). The molecule has 0 spiro atoms. The number of anilines is 1. The first-order valence-electron chi connectivity index (χ1n) is 11.1. The molecule has 0 saturated heterocycles. The molecule has 0 aliphatic heterocycles. The number of amides is 1. The van der Waals surface area contributed by atoms with Gasteiger partial charge in [-0.25, -0.2) is 8.42 Å². The molecule has 1 amide bonds. The Morgan fingerprint density at radius 1 is 1.22 bits per heavy atom. The summed E-state index contributed by atoms with van der Waals surface area (Å²) >= 11 is 1.33. The largest absolute Gasteiger partial charge is 0.352 e. The van der Waals surface area contributed by atoms with Crippen molar-refractivity contribution in [3.8, 4) is 0 Å². The number of aryl methyl sites for hydroxylation is 1. The van der Waals surface area contributed by atoms with Gasteiger partial charge in [0.1, 0.15) is 0 Å². The Hall–Kier alpha value is -2.07. The minimum atomic E-state index is -3.51. The van der Waals surface area contributed by atoms with Crippen LogP contribution in [0, 0.1) is 12.8 Å². The van der Waals surface area contributed by atoms with Crippen LogP contribution >= 0.6 is 11.8 Å². The van der Waals surface area contributed by atoms with Gasteiger partial charge in [-0.2, -0.15) is 0 Å². The van der Waals surface area contributed by atoms with E-state index in [2.05, 4.69) is 22.4 Å². The van der Waals surface area contributed by atoms with Gasteiger partial charge in [-0.15, -0.1) is 10.2 Å². The predicted octanol–water partition coefficient (Wildman–Crippen LogP) is 3.36. The van der Waals surface area contributed by atoms with E-state index in [1.54, 1.807) is 12.1 Å². The van der Waals surface area contributed by atoms with E-state index in [1.807, 2.05) is 30.5 Å². The van der Waals surface area contributed by atoms with Crippen molar-refractivity contribution in [2.75, 3.05) is 16.3 Å². The molecule has 1 aromatic heterocycles. The molecule has 2 atom stereocenters. The Bertz CT molecular complexity index is 1020. The first-order chi connectivity index (χ1) is 15.2. The van der Waals surface area contributed by atoms with Crippen LogP contribution in [0.5, 0.6) is 0 Å². The number of hydrogen-bond acceptors (Lipinski definition) is 6. The van der Waals surface area contributed by atoms with Crippen LogP contribution in [0.3, 0.4) is 0 Å². The maximum absolute atomic E-state index is 12.5. The van der Waals surface area contributed by atoms with Crippen molar-refractivity contribution in [1.82, 2.24) is 20.1 Å². The summed E-state index contributed by atoms with van der Waals surface area (Å²) in [5.41, 5.74) is 1.64. The predicted molar refractivity (Wildman–Crippen MR) is 128 cm³/mol. The summed E-state index contributed by atoms with van der Waals surface area (Å²) in [6.45, 7) is 6.76. The van der Waals surface area contributed by atoms with Gasteiger partial charge >= 0.3 is 0 Å². The molecule has 2 aromatic rings. The number of thioether (sulfide) groups is 1. The number of rotatable bonds is 9. The van der Waals surface area contributed by atoms with Crippen molar-refractivity contribution in [2.45, 2.75) is 70.7 Å². The number of benzene rings is 1. The van der Waals surface area contributed by atoms with E-state index >= 15 is 0 Å². The van der Waals surface area contributed by atoms with Crippen LogP contribution in [0.1, 0.15) is 50.9 Å². The number of aromatic nitrogens is 3.